The van der Waals surface area contributed by atoms with Crippen LogP contribution in [-0.4, -0.2) is 12.1 Å². The summed E-state index contributed by atoms with van der Waals surface area (Å²) in [5.41, 5.74) is 1.22. The molecule has 1 aromatic rings. The average Bonchev–Trinajstić information content (AvgIpc) is 3.01. The number of anilines is 1. The molecule has 0 aromatic heterocycles. The van der Waals surface area contributed by atoms with Gasteiger partial charge in [0.05, 0.1) is 6.10 Å². The molecule has 19 heavy (non-hydrogen) atoms. The Balaban J connectivity index is 1.63. The Morgan fingerprint density at radius 1 is 1.32 bits per heavy atom. The Hall–Kier alpha value is -1.18. The van der Waals surface area contributed by atoms with E-state index < -0.39 is 0 Å². The van der Waals surface area contributed by atoms with Gasteiger partial charge in [0.15, 0.2) is 0 Å². The van der Waals surface area contributed by atoms with Gasteiger partial charge in [0.1, 0.15) is 5.75 Å². The Morgan fingerprint density at radius 3 is 2.89 bits per heavy atom. The smallest absolute Gasteiger partial charge is 0.121 e. The first-order valence-corrected chi connectivity index (χ1v) is 7.78. The minimum Gasteiger partial charge on any atom is -0.491 e. The lowest BCUT2D eigenvalue weighted by atomic mass is 9.95. The number of benzene rings is 1. The molecule has 0 radical (unpaired) electrons. The maximum atomic E-state index is 5.89. The summed E-state index contributed by atoms with van der Waals surface area (Å²) in [6.45, 7) is 4.28. The standard InChI is InChI=1S/C17H25NO/c1-3-12(2)19-16-6-4-5-15(11-16)18-17-10-13-7-8-14(17)9-13/h4-6,11-14,17-18H,3,7-10H2,1-2H3. The molecule has 2 nitrogen and oxygen atoms in total. The Labute approximate surface area is 116 Å². The highest BCUT2D eigenvalue weighted by atomic mass is 16.5. The Kier molecular flexibility index (Phi) is 3.67. The molecule has 2 aliphatic rings. The van der Waals surface area contributed by atoms with Crippen molar-refractivity contribution in [3.8, 4) is 5.75 Å². The van der Waals surface area contributed by atoms with Crippen LogP contribution in [0.15, 0.2) is 24.3 Å². The summed E-state index contributed by atoms with van der Waals surface area (Å²) >= 11 is 0. The van der Waals surface area contributed by atoms with Crippen LogP contribution in [0.4, 0.5) is 5.69 Å². The quantitative estimate of drug-likeness (QED) is 0.842. The molecule has 0 amide bonds. The van der Waals surface area contributed by atoms with Crippen LogP contribution in [0.5, 0.6) is 5.75 Å². The van der Waals surface area contributed by atoms with Gasteiger partial charge in [0.25, 0.3) is 0 Å². The monoisotopic (exact) mass is 259 g/mol. The van der Waals surface area contributed by atoms with Gasteiger partial charge < -0.3 is 10.1 Å². The largest absolute Gasteiger partial charge is 0.491 e. The number of hydrogen-bond acceptors (Lipinski definition) is 2. The van der Waals surface area contributed by atoms with E-state index in [1.54, 1.807) is 0 Å². The minimum absolute atomic E-state index is 0.290. The van der Waals surface area contributed by atoms with Gasteiger partial charge in [-0.15, -0.1) is 0 Å². The van der Waals surface area contributed by atoms with Crippen molar-refractivity contribution in [3.63, 3.8) is 0 Å². The van der Waals surface area contributed by atoms with Crippen LogP contribution in [0.1, 0.15) is 46.0 Å². The molecular weight excluding hydrogens is 234 g/mol. The van der Waals surface area contributed by atoms with E-state index in [1.165, 1.54) is 31.4 Å². The third-order valence-corrected chi connectivity index (χ3v) is 4.84. The van der Waals surface area contributed by atoms with Crippen molar-refractivity contribution in [2.75, 3.05) is 5.32 Å². The summed E-state index contributed by atoms with van der Waals surface area (Å²) in [6, 6.07) is 9.15. The van der Waals surface area contributed by atoms with Crippen molar-refractivity contribution in [2.45, 2.75) is 58.1 Å². The van der Waals surface area contributed by atoms with Crippen LogP contribution in [0.25, 0.3) is 0 Å². The Bertz CT molecular complexity index is 431. The van der Waals surface area contributed by atoms with Crippen molar-refractivity contribution < 1.29 is 4.74 Å². The molecular formula is C17H25NO. The van der Waals surface area contributed by atoms with Gasteiger partial charge in [-0.25, -0.2) is 0 Å². The fourth-order valence-electron chi connectivity index (χ4n) is 3.61. The van der Waals surface area contributed by atoms with E-state index in [2.05, 4.69) is 43.4 Å². The van der Waals surface area contributed by atoms with E-state index in [1.807, 2.05) is 0 Å². The molecule has 0 saturated heterocycles. The topological polar surface area (TPSA) is 21.3 Å². The predicted octanol–water partition coefficient (Wildman–Crippen LogP) is 4.46. The summed E-state index contributed by atoms with van der Waals surface area (Å²) in [7, 11) is 0. The molecule has 2 fully saturated rings. The molecule has 104 valence electrons. The van der Waals surface area contributed by atoms with Crippen LogP contribution in [-0.2, 0) is 0 Å². The number of nitrogens with one attached hydrogen (secondary N) is 1. The van der Waals surface area contributed by atoms with Gasteiger partial charge in [0, 0.05) is 17.8 Å². The fraction of sp³-hybridized carbons (Fsp3) is 0.647. The van der Waals surface area contributed by atoms with E-state index in [4.69, 9.17) is 4.74 Å². The van der Waals surface area contributed by atoms with Gasteiger partial charge in [-0.1, -0.05) is 19.4 Å². The second-order valence-electron chi connectivity index (χ2n) is 6.29. The SMILES string of the molecule is CCC(C)Oc1cccc(NC2CC3CCC2C3)c1. The lowest BCUT2D eigenvalue weighted by Gasteiger charge is -2.24. The van der Waals surface area contributed by atoms with Gasteiger partial charge in [-0.3, -0.25) is 0 Å². The zero-order chi connectivity index (χ0) is 13.2. The number of ether oxygens (including phenoxy) is 1. The molecule has 1 aromatic carbocycles. The Morgan fingerprint density at radius 2 is 2.21 bits per heavy atom. The molecule has 2 heteroatoms. The highest BCUT2D eigenvalue weighted by Crippen LogP contribution is 2.45. The van der Waals surface area contributed by atoms with Crippen LogP contribution >= 0.6 is 0 Å². The number of fused-ring (bicyclic) bond motifs is 2. The maximum absolute atomic E-state index is 5.89. The van der Waals surface area contributed by atoms with Crippen molar-refractivity contribution in [1.82, 2.24) is 0 Å². The summed E-state index contributed by atoms with van der Waals surface area (Å²) in [6.07, 6.45) is 7.02. The van der Waals surface area contributed by atoms with E-state index >= 15 is 0 Å². The molecule has 2 aliphatic carbocycles. The summed E-state index contributed by atoms with van der Waals surface area (Å²) in [5.74, 6) is 2.88. The lowest BCUT2D eigenvalue weighted by molar-refractivity contribution is 0.217. The lowest BCUT2D eigenvalue weighted by Crippen LogP contribution is -2.25. The second kappa shape index (κ2) is 5.44. The van der Waals surface area contributed by atoms with Gasteiger partial charge in [-0.05, 0) is 56.6 Å². The highest BCUT2D eigenvalue weighted by Gasteiger charge is 2.39. The molecule has 2 bridgehead atoms. The van der Waals surface area contributed by atoms with E-state index in [0.717, 1.165) is 24.0 Å². The zero-order valence-corrected chi connectivity index (χ0v) is 12.1. The van der Waals surface area contributed by atoms with Gasteiger partial charge in [0.2, 0.25) is 0 Å². The highest BCUT2D eigenvalue weighted by molar-refractivity contribution is 5.49. The third kappa shape index (κ3) is 2.88. The molecule has 0 heterocycles. The predicted molar refractivity (Wildman–Crippen MR) is 79.7 cm³/mol. The normalized spacial score (nSPS) is 30.3. The van der Waals surface area contributed by atoms with Crippen LogP contribution in [0, 0.1) is 11.8 Å². The van der Waals surface area contributed by atoms with E-state index in [0.29, 0.717) is 6.04 Å². The molecule has 4 unspecified atom stereocenters. The summed E-state index contributed by atoms with van der Waals surface area (Å²) in [4.78, 5) is 0. The van der Waals surface area contributed by atoms with Crippen LogP contribution < -0.4 is 10.1 Å². The van der Waals surface area contributed by atoms with Crippen molar-refractivity contribution >= 4 is 5.69 Å². The first-order valence-electron chi connectivity index (χ1n) is 7.78. The molecule has 0 aliphatic heterocycles. The van der Waals surface area contributed by atoms with Gasteiger partial charge >= 0.3 is 0 Å². The first-order chi connectivity index (χ1) is 9.24. The summed E-state index contributed by atoms with van der Waals surface area (Å²) < 4.78 is 5.89. The maximum Gasteiger partial charge on any atom is 0.121 e. The van der Waals surface area contributed by atoms with Gasteiger partial charge in [-0.2, -0.15) is 0 Å². The molecule has 3 rings (SSSR count). The molecule has 4 atom stereocenters. The van der Waals surface area contributed by atoms with Crippen LogP contribution in [0.3, 0.4) is 0 Å². The zero-order valence-electron chi connectivity index (χ0n) is 12.1. The van der Waals surface area contributed by atoms with Crippen molar-refractivity contribution in [1.29, 1.82) is 0 Å². The van der Waals surface area contributed by atoms with Crippen LogP contribution in [0.2, 0.25) is 0 Å². The summed E-state index contributed by atoms with van der Waals surface area (Å²) in [5, 5.41) is 3.72. The average molecular weight is 259 g/mol. The van der Waals surface area contributed by atoms with Crippen molar-refractivity contribution in [2.24, 2.45) is 11.8 Å². The number of hydrogen-bond donors (Lipinski definition) is 1. The fourth-order valence-corrected chi connectivity index (χ4v) is 3.61. The molecule has 1 N–H and O–H groups in total. The first kappa shape index (κ1) is 12.8. The third-order valence-electron chi connectivity index (χ3n) is 4.84. The second-order valence-corrected chi connectivity index (χ2v) is 6.29. The minimum atomic E-state index is 0.290. The van der Waals surface area contributed by atoms with E-state index in [9.17, 15) is 0 Å². The number of rotatable bonds is 5. The van der Waals surface area contributed by atoms with Crippen molar-refractivity contribution in [3.05, 3.63) is 24.3 Å². The molecule has 0 spiro atoms. The van der Waals surface area contributed by atoms with E-state index in [-0.39, 0.29) is 6.10 Å². The molecule has 2 saturated carbocycles.